The van der Waals surface area contributed by atoms with Gasteiger partial charge in [0.05, 0.1) is 12.5 Å². The van der Waals surface area contributed by atoms with Gasteiger partial charge in [-0.15, -0.1) is 0 Å². The molecule has 0 bridgehead atoms. The standard InChI is InChI=1S/C32H44N4O3S/c1-22(2)18-28-21-35(26-6-4-5-7-26)32(39)36(28)27-14-16-34(17-15-27)20-25-10-13-30(33-23(25)3)40-29-11-8-24(9-12-29)19-31(37)38/h8-13,22,26-28H,4-7,14-21H2,1-3H3,(H,37,38). The van der Waals surface area contributed by atoms with Gasteiger partial charge in [0.15, 0.2) is 0 Å². The Bertz CT molecular complexity index is 1170. The van der Waals surface area contributed by atoms with E-state index in [4.69, 9.17) is 10.1 Å². The normalized spacial score (nSPS) is 21.2. The second-order valence-corrected chi connectivity index (χ2v) is 13.4. The molecule has 216 valence electrons. The Morgan fingerprint density at radius 3 is 2.35 bits per heavy atom. The first-order valence-electron chi connectivity index (χ1n) is 15.0. The molecule has 5 rings (SSSR count). The Hall–Kier alpha value is -2.58. The number of hydrogen-bond acceptors (Lipinski definition) is 5. The van der Waals surface area contributed by atoms with Crippen molar-refractivity contribution in [1.82, 2.24) is 19.7 Å². The summed E-state index contributed by atoms with van der Waals surface area (Å²) in [5, 5.41) is 9.91. The monoisotopic (exact) mass is 564 g/mol. The van der Waals surface area contributed by atoms with Crippen molar-refractivity contribution in [2.45, 2.75) is 107 Å². The van der Waals surface area contributed by atoms with Crippen LogP contribution in [0.1, 0.15) is 75.6 Å². The Morgan fingerprint density at radius 1 is 1.02 bits per heavy atom. The van der Waals surface area contributed by atoms with Gasteiger partial charge in [0.2, 0.25) is 0 Å². The third-order valence-electron chi connectivity index (χ3n) is 8.79. The molecule has 2 saturated heterocycles. The number of carbonyl (C=O) groups is 2. The molecule has 8 heteroatoms. The van der Waals surface area contributed by atoms with E-state index >= 15 is 0 Å². The first-order valence-corrected chi connectivity index (χ1v) is 15.8. The predicted molar refractivity (Wildman–Crippen MR) is 159 cm³/mol. The second kappa shape index (κ2) is 12.9. The molecule has 3 aliphatic rings. The number of carboxylic acids is 1. The largest absolute Gasteiger partial charge is 0.481 e. The van der Waals surface area contributed by atoms with Gasteiger partial charge in [-0.1, -0.05) is 56.7 Å². The molecule has 1 N–H and O–H groups in total. The first kappa shape index (κ1) is 28.9. The zero-order chi connectivity index (χ0) is 28.2. The molecule has 7 nitrogen and oxygen atoms in total. The summed E-state index contributed by atoms with van der Waals surface area (Å²) < 4.78 is 0. The van der Waals surface area contributed by atoms with Gasteiger partial charge in [0, 0.05) is 48.9 Å². The number of rotatable bonds is 10. The van der Waals surface area contributed by atoms with Crippen LogP contribution in [0.2, 0.25) is 0 Å². The number of hydrogen-bond donors (Lipinski definition) is 1. The van der Waals surface area contributed by atoms with Gasteiger partial charge in [-0.05, 0) is 74.3 Å². The summed E-state index contributed by atoms with van der Waals surface area (Å²) in [6.07, 6.45) is 8.09. The third kappa shape index (κ3) is 7.00. The summed E-state index contributed by atoms with van der Waals surface area (Å²) in [6, 6.07) is 13.4. The minimum absolute atomic E-state index is 0.0417. The van der Waals surface area contributed by atoms with Crippen molar-refractivity contribution in [3.05, 3.63) is 53.2 Å². The number of piperidine rings is 1. The molecule has 1 unspecified atom stereocenters. The van der Waals surface area contributed by atoms with E-state index in [9.17, 15) is 9.59 Å². The van der Waals surface area contributed by atoms with Gasteiger partial charge >= 0.3 is 12.0 Å². The van der Waals surface area contributed by atoms with Crippen LogP contribution in [0.25, 0.3) is 0 Å². The lowest BCUT2D eigenvalue weighted by Gasteiger charge is -2.39. The smallest absolute Gasteiger partial charge is 0.320 e. The van der Waals surface area contributed by atoms with Gasteiger partial charge in [-0.25, -0.2) is 9.78 Å². The molecule has 2 aromatic rings. The summed E-state index contributed by atoms with van der Waals surface area (Å²) in [5.41, 5.74) is 3.10. The van der Waals surface area contributed by atoms with Crippen LogP contribution in [-0.4, -0.2) is 74.6 Å². The van der Waals surface area contributed by atoms with E-state index in [-0.39, 0.29) is 6.42 Å². The molecule has 1 atom stereocenters. The van der Waals surface area contributed by atoms with Crippen molar-refractivity contribution in [2.75, 3.05) is 19.6 Å². The van der Waals surface area contributed by atoms with Crippen molar-refractivity contribution in [1.29, 1.82) is 0 Å². The van der Waals surface area contributed by atoms with E-state index in [2.05, 4.69) is 47.6 Å². The lowest BCUT2D eigenvalue weighted by atomic mass is 9.97. The van der Waals surface area contributed by atoms with E-state index in [1.165, 1.54) is 31.2 Å². The fraction of sp³-hybridized carbons (Fsp3) is 0.594. The van der Waals surface area contributed by atoms with E-state index in [0.29, 0.717) is 30.1 Å². The second-order valence-electron chi connectivity index (χ2n) is 12.3. The maximum absolute atomic E-state index is 13.6. The van der Waals surface area contributed by atoms with Crippen LogP contribution in [0, 0.1) is 12.8 Å². The number of benzene rings is 1. The Balaban J connectivity index is 1.16. The number of amides is 2. The van der Waals surface area contributed by atoms with Crippen LogP contribution < -0.4 is 0 Å². The molecule has 0 spiro atoms. The van der Waals surface area contributed by atoms with Crippen LogP contribution in [0.4, 0.5) is 4.79 Å². The summed E-state index contributed by atoms with van der Waals surface area (Å²) >= 11 is 1.60. The number of aryl methyl sites for hydroxylation is 1. The minimum atomic E-state index is -0.816. The molecule has 1 aliphatic carbocycles. The highest BCUT2D eigenvalue weighted by molar-refractivity contribution is 7.99. The molecule has 3 fully saturated rings. The molecule has 1 saturated carbocycles. The van der Waals surface area contributed by atoms with Crippen molar-refractivity contribution < 1.29 is 14.7 Å². The zero-order valence-corrected chi connectivity index (χ0v) is 25.0. The van der Waals surface area contributed by atoms with Crippen molar-refractivity contribution in [3.8, 4) is 0 Å². The van der Waals surface area contributed by atoms with Crippen molar-refractivity contribution >= 4 is 23.8 Å². The summed E-state index contributed by atoms with van der Waals surface area (Å²) in [6.45, 7) is 10.5. The fourth-order valence-corrected chi connectivity index (χ4v) is 7.60. The molecule has 0 radical (unpaired) electrons. The highest BCUT2D eigenvalue weighted by Crippen LogP contribution is 2.34. The minimum Gasteiger partial charge on any atom is -0.481 e. The van der Waals surface area contributed by atoms with Gasteiger partial charge in [-0.2, -0.15) is 0 Å². The highest BCUT2D eigenvalue weighted by Gasteiger charge is 2.44. The number of nitrogens with zero attached hydrogens (tertiary/aromatic N) is 4. The Morgan fingerprint density at radius 2 is 1.73 bits per heavy atom. The van der Waals surface area contributed by atoms with Crippen LogP contribution in [0.15, 0.2) is 46.3 Å². The number of likely N-dealkylation sites (tertiary alicyclic amines) is 1. The van der Waals surface area contributed by atoms with E-state index in [1.54, 1.807) is 11.8 Å². The lowest BCUT2D eigenvalue weighted by Crippen LogP contribution is -2.49. The van der Waals surface area contributed by atoms with Gasteiger partial charge in [-0.3, -0.25) is 9.69 Å². The number of aromatic nitrogens is 1. The maximum atomic E-state index is 13.6. The summed E-state index contributed by atoms with van der Waals surface area (Å²) in [4.78, 5) is 37.5. The third-order valence-corrected chi connectivity index (χ3v) is 9.74. The summed E-state index contributed by atoms with van der Waals surface area (Å²) in [7, 11) is 0. The van der Waals surface area contributed by atoms with Crippen molar-refractivity contribution in [3.63, 3.8) is 0 Å². The Kier molecular flexibility index (Phi) is 9.36. The lowest BCUT2D eigenvalue weighted by molar-refractivity contribution is -0.136. The molecule has 2 amide bonds. The molecule has 40 heavy (non-hydrogen) atoms. The van der Waals surface area contributed by atoms with E-state index in [0.717, 1.165) is 66.6 Å². The fourth-order valence-electron chi connectivity index (χ4n) is 6.76. The highest BCUT2D eigenvalue weighted by atomic mass is 32.2. The maximum Gasteiger partial charge on any atom is 0.320 e. The summed E-state index contributed by atoms with van der Waals surface area (Å²) in [5.74, 6) is -0.222. The number of aliphatic carboxylic acids is 1. The molecule has 3 heterocycles. The number of pyridine rings is 1. The van der Waals surface area contributed by atoms with Gasteiger partial charge in [0.1, 0.15) is 5.03 Å². The molecule has 1 aromatic heterocycles. The molecular formula is C32H44N4O3S. The quantitative estimate of drug-likeness (QED) is 0.369. The zero-order valence-electron chi connectivity index (χ0n) is 24.2. The van der Waals surface area contributed by atoms with Crippen LogP contribution >= 0.6 is 11.8 Å². The van der Waals surface area contributed by atoms with Crippen LogP contribution in [0.3, 0.4) is 0 Å². The Labute approximate surface area is 243 Å². The van der Waals surface area contributed by atoms with Crippen LogP contribution in [-0.2, 0) is 17.8 Å². The number of carbonyl (C=O) groups excluding carboxylic acids is 1. The average molecular weight is 565 g/mol. The predicted octanol–water partition coefficient (Wildman–Crippen LogP) is 6.23. The first-order chi connectivity index (χ1) is 19.3. The topological polar surface area (TPSA) is 77.0 Å². The van der Waals surface area contributed by atoms with E-state index < -0.39 is 5.97 Å². The van der Waals surface area contributed by atoms with Gasteiger partial charge < -0.3 is 14.9 Å². The van der Waals surface area contributed by atoms with E-state index in [1.807, 2.05) is 24.3 Å². The molecular weight excluding hydrogens is 520 g/mol. The SMILES string of the molecule is Cc1nc(Sc2ccc(CC(=O)O)cc2)ccc1CN1CCC(N2C(=O)N(C3CCCC3)CC2CC(C)C)CC1. The van der Waals surface area contributed by atoms with Crippen LogP contribution in [0.5, 0.6) is 0 Å². The number of carboxylic acid groups (broad SMARTS) is 1. The molecule has 2 aliphatic heterocycles. The van der Waals surface area contributed by atoms with Crippen molar-refractivity contribution in [2.24, 2.45) is 5.92 Å². The van der Waals surface area contributed by atoms with Gasteiger partial charge in [0.25, 0.3) is 0 Å². The molecule has 1 aromatic carbocycles. The average Bonchev–Trinajstić information content (AvgIpc) is 3.55. The number of urea groups is 1.